The van der Waals surface area contributed by atoms with Crippen molar-refractivity contribution in [2.24, 2.45) is 0 Å². The van der Waals surface area contributed by atoms with E-state index in [0.717, 1.165) is 17.8 Å². The lowest BCUT2D eigenvalue weighted by Gasteiger charge is -2.06. The topological polar surface area (TPSA) is 13.1 Å². The molecule has 0 aliphatic carbocycles. The summed E-state index contributed by atoms with van der Waals surface area (Å²) in [5.41, 5.74) is 2.27. The van der Waals surface area contributed by atoms with Crippen LogP contribution in [-0.2, 0) is 0 Å². The minimum absolute atomic E-state index is 0.127. The molecule has 80 valence electrons. The predicted molar refractivity (Wildman–Crippen MR) is 76.9 cm³/mol. The minimum atomic E-state index is 0.127. The molecular weight excluding hydrogens is 476 g/mol. The van der Waals surface area contributed by atoms with Gasteiger partial charge in [0, 0.05) is 5.56 Å². The Morgan fingerprint density at radius 2 is 1.93 bits per heavy atom. The molecule has 15 heavy (non-hydrogen) atoms. The molecule has 0 fully saturated rings. The van der Waals surface area contributed by atoms with Crippen molar-refractivity contribution in [3.63, 3.8) is 0 Å². The molecule has 1 atom stereocenters. The van der Waals surface area contributed by atoms with Gasteiger partial charge in [0.15, 0.2) is 4.67 Å². The van der Waals surface area contributed by atoms with Crippen molar-refractivity contribution in [3.8, 4) is 0 Å². The second kappa shape index (κ2) is 5.04. The van der Waals surface area contributed by atoms with Gasteiger partial charge in [-0.3, -0.25) is 0 Å². The molecule has 0 N–H and O–H groups in total. The van der Waals surface area contributed by atoms with Crippen LogP contribution in [0.4, 0.5) is 0 Å². The van der Waals surface area contributed by atoms with Crippen LogP contribution in [0.5, 0.6) is 0 Å². The van der Waals surface area contributed by atoms with Gasteiger partial charge in [-0.1, -0.05) is 15.9 Å². The van der Waals surface area contributed by atoms with Crippen molar-refractivity contribution in [3.05, 3.63) is 41.8 Å². The van der Waals surface area contributed by atoms with Crippen LogP contribution < -0.4 is 0 Å². The third-order valence-corrected chi connectivity index (χ3v) is 5.89. The molecule has 0 amide bonds. The first-order chi connectivity index (χ1) is 7.09. The van der Waals surface area contributed by atoms with Gasteiger partial charge in [-0.15, -0.1) is 11.3 Å². The molecule has 2 heterocycles. The quantitative estimate of drug-likeness (QED) is 0.474. The van der Waals surface area contributed by atoms with Gasteiger partial charge in [0.05, 0.1) is 18.7 Å². The molecule has 0 saturated carbocycles. The first-order valence-electron chi connectivity index (χ1n) is 3.91. The molecule has 0 radical (unpaired) electrons. The van der Waals surface area contributed by atoms with Crippen LogP contribution in [0, 0.1) is 0 Å². The molecule has 2 aromatic heterocycles. The highest BCUT2D eigenvalue weighted by atomic mass is 79.9. The molecule has 0 saturated heterocycles. The molecule has 0 spiro atoms. The average molecular weight is 480 g/mol. The largest absolute Gasteiger partial charge is 0.457 e. The zero-order valence-corrected chi connectivity index (χ0v) is 14.3. The van der Waals surface area contributed by atoms with E-state index in [1.54, 1.807) is 17.6 Å². The van der Waals surface area contributed by atoms with E-state index in [2.05, 4.69) is 69.8 Å². The van der Waals surface area contributed by atoms with Crippen molar-refractivity contribution < 1.29 is 4.42 Å². The molecule has 0 aromatic carbocycles. The fourth-order valence-electron chi connectivity index (χ4n) is 1.18. The number of halogens is 4. The van der Waals surface area contributed by atoms with Gasteiger partial charge in [0.1, 0.15) is 0 Å². The Kier molecular flexibility index (Phi) is 4.15. The van der Waals surface area contributed by atoms with Gasteiger partial charge >= 0.3 is 0 Å². The van der Waals surface area contributed by atoms with Crippen molar-refractivity contribution in [2.75, 3.05) is 0 Å². The molecule has 0 bridgehead atoms. The summed E-state index contributed by atoms with van der Waals surface area (Å²) >= 11 is 15.7. The summed E-state index contributed by atoms with van der Waals surface area (Å²) in [7, 11) is 0. The SMILES string of the molecule is Brc1cc(C(Br)c2ccoc2Br)c(Br)s1. The zero-order valence-electron chi connectivity index (χ0n) is 7.14. The van der Waals surface area contributed by atoms with Crippen molar-refractivity contribution in [1.29, 1.82) is 0 Å². The molecule has 1 nitrogen and oxygen atoms in total. The number of furan rings is 1. The van der Waals surface area contributed by atoms with Gasteiger partial charge < -0.3 is 4.42 Å². The molecule has 0 aliphatic heterocycles. The number of thiophene rings is 1. The molecule has 0 aliphatic rings. The second-order valence-electron chi connectivity index (χ2n) is 2.79. The maximum absolute atomic E-state index is 5.22. The Labute approximate surface area is 125 Å². The van der Waals surface area contributed by atoms with Gasteiger partial charge in [0.2, 0.25) is 0 Å². The average Bonchev–Trinajstić information content (AvgIpc) is 2.71. The van der Waals surface area contributed by atoms with E-state index in [1.165, 1.54) is 5.56 Å². The normalized spacial score (nSPS) is 13.1. The summed E-state index contributed by atoms with van der Waals surface area (Å²) in [6.45, 7) is 0. The third-order valence-electron chi connectivity index (χ3n) is 1.88. The lowest BCUT2D eigenvalue weighted by Crippen LogP contribution is -1.89. The van der Waals surface area contributed by atoms with Crippen molar-refractivity contribution in [1.82, 2.24) is 0 Å². The third kappa shape index (κ3) is 2.60. The van der Waals surface area contributed by atoms with Crippen LogP contribution in [-0.4, -0.2) is 0 Å². The van der Waals surface area contributed by atoms with E-state index >= 15 is 0 Å². The van der Waals surface area contributed by atoms with Crippen LogP contribution in [0.3, 0.4) is 0 Å². The lowest BCUT2D eigenvalue weighted by atomic mass is 10.1. The van der Waals surface area contributed by atoms with Gasteiger partial charge in [-0.05, 0) is 65.5 Å². The van der Waals surface area contributed by atoms with E-state index in [1.807, 2.05) is 6.07 Å². The molecule has 2 aromatic rings. The zero-order chi connectivity index (χ0) is 11.0. The first kappa shape index (κ1) is 12.4. The summed E-state index contributed by atoms with van der Waals surface area (Å²) < 4.78 is 8.20. The summed E-state index contributed by atoms with van der Waals surface area (Å²) in [6.07, 6.45) is 1.67. The minimum Gasteiger partial charge on any atom is -0.457 e. The van der Waals surface area contributed by atoms with Gasteiger partial charge in [0.25, 0.3) is 0 Å². The number of hydrogen-bond donors (Lipinski definition) is 0. The monoisotopic (exact) mass is 476 g/mol. The van der Waals surface area contributed by atoms with E-state index in [9.17, 15) is 0 Å². The second-order valence-corrected chi connectivity index (χ2v) is 8.18. The summed E-state index contributed by atoms with van der Waals surface area (Å²) in [6, 6.07) is 4.04. The van der Waals surface area contributed by atoms with Crippen molar-refractivity contribution in [2.45, 2.75) is 4.83 Å². The standard InChI is InChI=1S/C9H4Br4OS/c10-6-3-5(9(13)15-6)7(11)4-1-2-14-8(4)12/h1-3,7H. The number of alkyl halides is 1. The summed E-state index contributed by atoms with van der Waals surface area (Å²) in [5.74, 6) is 0. The Morgan fingerprint density at radius 3 is 2.40 bits per heavy atom. The smallest absolute Gasteiger partial charge is 0.173 e. The van der Waals surface area contributed by atoms with Crippen molar-refractivity contribution >= 4 is 75.1 Å². The van der Waals surface area contributed by atoms with Crippen LogP contribution in [0.25, 0.3) is 0 Å². The van der Waals surface area contributed by atoms with Gasteiger partial charge in [-0.2, -0.15) is 0 Å². The highest BCUT2D eigenvalue weighted by Crippen LogP contribution is 2.43. The van der Waals surface area contributed by atoms with Gasteiger partial charge in [-0.25, -0.2) is 0 Å². The van der Waals surface area contributed by atoms with Crippen LogP contribution in [0.1, 0.15) is 16.0 Å². The van der Waals surface area contributed by atoms with E-state index in [-0.39, 0.29) is 4.83 Å². The van der Waals surface area contributed by atoms with E-state index < -0.39 is 0 Å². The number of hydrogen-bond acceptors (Lipinski definition) is 2. The van der Waals surface area contributed by atoms with E-state index in [4.69, 9.17) is 4.42 Å². The Balaban J connectivity index is 2.40. The van der Waals surface area contributed by atoms with Crippen LogP contribution >= 0.6 is 75.1 Å². The maximum Gasteiger partial charge on any atom is 0.173 e. The van der Waals surface area contributed by atoms with Crippen LogP contribution in [0.2, 0.25) is 0 Å². The molecular formula is C9H4Br4OS. The highest BCUT2D eigenvalue weighted by molar-refractivity contribution is 9.12. The lowest BCUT2D eigenvalue weighted by molar-refractivity contribution is 0.537. The molecule has 1 unspecified atom stereocenters. The summed E-state index contributed by atoms with van der Waals surface area (Å²) in [5, 5.41) is 0. The predicted octanol–water partition coefficient (Wildman–Crippen LogP) is 6.11. The Hall–Kier alpha value is 0.900. The summed E-state index contributed by atoms with van der Waals surface area (Å²) in [4.78, 5) is 0.127. The van der Waals surface area contributed by atoms with Crippen LogP contribution in [0.15, 0.2) is 35.1 Å². The number of rotatable bonds is 2. The van der Waals surface area contributed by atoms with E-state index in [0.29, 0.717) is 0 Å². The highest BCUT2D eigenvalue weighted by Gasteiger charge is 2.19. The first-order valence-corrected chi connectivity index (χ1v) is 8.02. The fraction of sp³-hybridized carbons (Fsp3) is 0.111. The molecule has 6 heteroatoms. The fourth-order valence-corrected chi connectivity index (χ4v) is 6.04. The molecule has 2 rings (SSSR count). The Morgan fingerprint density at radius 1 is 1.20 bits per heavy atom. The Bertz CT molecular complexity index is 476. The maximum atomic E-state index is 5.22.